The molecule has 1 fully saturated rings. The zero-order chi connectivity index (χ0) is 12.6. The first-order valence-corrected chi connectivity index (χ1v) is 6.62. The van der Waals surface area contributed by atoms with Crippen molar-refractivity contribution in [3.63, 3.8) is 0 Å². The van der Waals surface area contributed by atoms with Gasteiger partial charge in [-0.1, -0.05) is 11.6 Å². The fourth-order valence-corrected chi connectivity index (χ4v) is 2.59. The first-order valence-electron chi connectivity index (χ1n) is 6.24. The van der Waals surface area contributed by atoms with E-state index in [1.807, 2.05) is 11.6 Å². The van der Waals surface area contributed by atoms with Gasteiger partial charge in [-0.05, 0) is 33.6 Å². The molecular formula is C12H21ClN4. The summed E-state index contributed by atoms with van der Waals surface area (Å²) in [5.74, 6) is 0.618. The van der Waals surface area contributed by atoms with Crippen LogP contribution >= 0.6 is 11.6 Å². The number of anilines is 1. The highest BCUT2D eigenvalue weighted by atomic mass is 35.5. The third-order valence-corrected chi connectivity index (χ3v) is 4.09. The van der Waals surface area contributed by atoms with Crippen LogP contribution in [0.5, 0.6) is 0 Å². The lowest BCUT2D eigenvalue weighted by molar-refractivity contribution is 0.148. The van der Waals surface area contributed by atoms with Gasteiger partial charge in [-0.2, -0.15) is 5.10 Å². The first kappa shape index (κ1) is 12.7. The van der Waals surface area contributed by atoms with Crippen LogP contribution in [0, 0.1) is 6.92 Å². The smallest absolute Gasteiger partial charge is 0.141 e. The van der Waals surface area contributed by atoms with E-state index >= 15 is 0 Å². The summed E-state index contributed by atoms with van der Waals surface area (Å²) < 4.78 is 1.91. The van der Waals surface area contributed by atoms with E-state index in [4.69, 9.17) is 17.3 Å². The minimum absolute atomic E-state index is 0.399. The summed E-state index contributed by atoms with van der Waals surface area (Å²) in [5.41, 5.74) is 6.81. The molecule has 1 aromatic heterocycles. The second-order valence-electron chi connectivity index (χ2n) is 5.09. The highest BCUT2D eigenvalue weighted by Crippen LogP contribution is 2.30. The van der Waals surface area contributed by atoms with Gasteiger partial charge < -0.3 is 10.6 Å². The minimum atomic E-state index is 0.399. The number of hydrogen-bond acceptors (Lipinski definition) is 3. The Morgan fingerprint density at radius 2 is 1.94 bits per heavy atom. The Kier molecular flexibility index (Phi) is 3.64. The normalized spacial score (nSPS) is 19.1. The molecule has 2 rings (SSSR count). The van der Waals surface area contributed by atoms with Gasteiger partial charge in [0.15, 0.2) is 0 Å². The standard InChI is InChI=1S/C12H21ClN4/c1-8(2)16-6-4-10(5-7-16)17-12(14)11(13)9(3)15-17/h8,10H,4-7,14H2,1-3H3. The molecule has 4 nitrogen and oxygen atoms in total. The highest BCUT2D eigenvalue weighted by molar-refractivity contribution is 6.33. The molecule has 0 unspecified atom stereocenters. The molecule has 1 aromatic rings. The average Bonchev–Trinajstić information content (AvgIpc) is 2.57. The fraction of sp³-hybridized carbons (Fsp3) is 0.750. The summed E-state index contributed by atoms with van der Waals surface area (Å²) in [7, 11) is 0. The van der Waals surface area contributed by atoms with Gasteiger partial charge in [0.25, 0.3) is 0 Å². The van der Waals surface area contributed by atoms with Crippen molar-refractivity contribution in [2.75, 3.05) is 18.8 Å². The molecule has 0 radical (unpaired) electrons. The summed E-state index contributed by atoms with van der Waals surface area (Å²) in [6.45, 7) is 8.60. The van der Waals surface area contributed by atoms with Crippen molar-refractivity contribution in [3.8, 4) is 0 Å². The van der Waals surface area contributed by atoms with E-state index in [0.29, 0.717) is 22.9 Å². The van der Waals surface area contributed by atoms with Crippen molar-refractivity contribution in [3.05, 3.63) is 10.7 Å². The maximum atomic E-state index is 6.08. The van der Waals surface area contributed by atoms with Gasteiger partial charge in [0.05, 0.1) is 11.7 Å². The Labute approximate surface area is 108 Å². The van der Waals surface area contributed by atoms with Crippen molar-refractivity contribution in [1.82, 2.24) is 14.7 Å². The van der Waals surface area contributed by atoms with Crippen LogP contribution in [-0.2, 0) is 0 Å². The molecule has 1 saturated heterocycles. The lowest BCUT2D eigenvalue weighted by Gasteiger charge is -2.34. The zero-order valence-corrected chi connectivity index (χ0v) is 11.5. The molecule has 2 heterocycles. The molecule has 2 N–H and O–H groups in total. The van der Waals surface area contributed by atoms with Crippen molar-refractivity contribution in [2.45, 2.75) is 45.7 Å². The summed E-state index contributed by atoms with van der Waals surface area (Å²) in [5, 5.41) is 5.05. The van der Waals surface area contributed by atoms with Gasteiger partial charge in [-0.25, -0.2) is 4.68 Å². The van der Waals surface area contributed by atoms with Crippen molar-refractivity contribution >= 4 is 17.4 Å². The summed E-state index contributed by atoms with van der Waals surface area (Å²) in [4.78, 5) is 2.49. The number of aromatic nitrogens is 2. The van der Waals surface area contributed by atoms with Crippen LogP contribution in [0.3, 0.4) is 0 Å². The van der Waals surface area contributed by atoms with Crippen LogP contribution in [0.2, 0.25) is 5.02 Å². The summed E-state index contributed by atoms with van der Waals surface area (Å²) >= 11 is 6.08. The largest absolute Gasteiger partial charge is 0.383 e. The van der Waals surface area contributed by atoms with Crippen LogP contribution in [0.15, 0.2) is 0 Å². The van der Waals surface area contributed by atoms with E-state index in [2.05, 4.69) is 23.8 Å². The Balaban J connectivity index is 2.08. The predicted molar refractivity (Wildman–Crippen MR) is 71.4 cm³/mol. The van der Waals surface area contributed by atoms with E-state index in [-0.39, 0.29) is 0 Å². The Morgan fingerprint density at radius 3 is 2.35 bits per heavy atom. The predicted octanol–water partition coefficient (Wildman–Crippen LogP) is 2.47. The molecule has 0 spiro atoms. The molecule has 0 bridgehead atoms. The van der Waals surface area contributed by atoms with Crippen LogP contribution in [0.4, 0.5) is 5.82 Å². The van der Waals surface area contributed by atoms with Crippen molar-refractivity contribution in [2.24, 2.45) is 0 Å². The van der Waals surface area contributed by atoms with Gasteiger partial charge in [0, 0.05) is 19.1 Å². The van der Waals surface area contributed by atoms with Gasteiger partial charge >= 0.3 is 0 Å². The van der Waals surface area contributed by atoms with Crippen LogP contribution in [0.1, 0.15) is 38.4 Å². The van der Waals surface area contributed by atoms with Crippen LogP contribution in [0.25, 0.3) is 0 Å². The molecule has 96 valence electrons. The molecule has 1 aliphatic heterocycles. The molecule has 0 aromatic carbocycles. The minimum Gasteiger partial charge on any atom is -0.383 e. The average molecular weight is 257 g/mol. The molecule has 0 amide bonds. The number of rotatable bonds is 2. The number of halogens is 1. The molecular weight excluding hydrogens is 236 g/mol. The van der Waals surface area contributed by atoms with E-state index in [0.717, 1.165) is 31.6 Å². The van der Waals surface area contributed by atoms with E-state index in [1.165, 1.54) is 0 Å². The van der Waals surface area contributed by atoms with Crippen molar-refractivity contribution in [1.29, 1.82) is 0 Å². The van der Waals surface area contributed by atoms with Gasteiger partial charge in [0.1, 0.15) is 10.8 Å². The number of nitrogens with two attached hydrogens (primary N) is 1. The lowest BCUT2D eigenvalue weighted by atomic mass is 10.0. The maximum absolute atomic E-state index is 6.08. The Bertz CT molecular complexity index is 391. The second-order valence-corrected chi connectivity index (χ2v) is 5.47. The number of nitrogens with zero attached hydrogens (tertiary/aromatic N) is 3. The molecule has 0 aliphatic carbocycles. The topological polar surface area (TPSA) is 47.1 Å². The second kappa shape index (κ2) is 4.86. The van der Waals surface area contributed by atoms with Crippen LogP contribution in [-0.4, -0.2) is 33.8 Å². The monoisotopic (exact) mass is 256 g/mol. The van der Waals surface area contributed by atoms with Gasteiger partial charge in [-0.15, -0.1) is 0 Å². The highest BCUT2D eigenvalue weighted by Gasteiger charge is 2.25. The van der Waals surface area contributed by atoms with Crippen molar-refractivity contribution < 1.29 is 0 Å². The Morgan fingerprint density at radius 1 is 1.35 bits per heavy atom. The summed E-state index contributed by atoms with van der Waals surface area (Å²) in [6, 6.07) is 1.02. The number of likely N-dealkylation sites (tertiary alicyclic amines) is 1. The third-order valence-electron chi connectivity index (χ3n) is 3.62. The maximum Gasteiger partial charge on any atom is 0.141 e. The number of piperidine rings is 1. The van der Waals surface area contributed by atoms with E-state index < -0.39 is 0 Å². The molecule has 1 aliphatic rings. The van der Waals surface area contributed by atoms with Gasteiger partial charge in [0.2, 0.25) is 0 Å². The molecule has 5 heteroatoms. The SMILES string of the molecule is Cc1nn(C2CCN(C(C)C)CC2)c(N)c1Cl. The quantitative estimate of drug-likeness (QED) is 0.884. The zero-order valence-electron chi connectivity index (χ0n) is 10.8. The molecule has 0 atom stereocenters. The number of hydrogen-bond donors (Lipinski definition) is 1. The van der Waals surface area contributed by atoms with E-state index in [9.17, 15) is 0 Å². The fourth-order valence-electron chi connectivity index (χ4n) is 2.47. The molecule has 17 heavy (non-hydrogen) atoms. The third kappa shape index (κ3) is 2.43. The first-order chi connectivity index (χ1) is 8.00. The Hall–Kier alpha value is -0.740. The van der Waals surface area contributed by atoms with Gasteiger partial charge in [-0.3, -0.25) is 0 Å². The van der Waals surface area contributed by atoms with E-state index in [1.54, 1.807) is 0 Å². The lowest BCUT2D eigenvalue weighted by Crippen LogP contribution is -2.39. The van der Waals surface area contributed by atoms with Crippen LogP contribution < -0.4 is 5.73 Å². The molecule has 0 saturated carbocycles. The number of nitrogen functional groups attached to an aromatic ring is 1. The number of aryl methyl sites for hydroxylation is 1. The summed E-state index contributed by atoms with van der Waals surface area (Å²) in [6.07, 6.45) is 2.19.